The molecule has 0 bridgehead atoms. The Hall–Kier alpha value is -0.300. The van der Waals surface area contributed by atoms with Crippen molar-refractivity contribution in [1.29, 1.82) is 0 Å². The topological polar surface area (TPSA) is 12.0 Å². The van der Waals surface area contributed by atoms with E-state index in [4.69, 9.17) is 0 Å². The number of nitrogens with one attached hydrogen (secondary N) is 1. The molecule has 1 unspecified atom stereocenters. The fraction of sp³-hybridized carbons (Fsp3) is 0.714. The molecule has 0 saturated heterocycles. The zero-order valence-corrected chi connectivity index (χ0v) is 5.35. The first kappa shape index (κ1) is 5.83. The van der Waals surface area contributed by atoms with Crippen LogP contribution in [0.2, 0.25) is 0 Å². The van der Waals surface area contributed by atoms with E-state index in [-0.39, 0.29) is 0 Å². The van der Waals surface area contributed by atoms with Crippen LogP contribution in [0.4, 0.5) is 0 Å². The largest absolute Gasteiger partial charge is 0.314 e. The Bertz CT molecular complexity index is 88.4. The Balaban J connectivity index is 2.07. The number of rotatable bonds is 3. The smallest absolute Gasteiger partial charge is 0.0136 e. The van der Waals surface area contributed by atoms with Gasteiger partial charge >= 0.3 is 0 Å². The van der Waals surface area contributed by atoms with Crippen molar-refractivity contribution in [3.8, 4) is 0 Å². The lowest BCUT2D eigenvalue weighted by atomic mass is 10.4. The van der Waals surface area contributed by atoms with Gasteiger partial charge in [-0.05, 0) is 18.9 Å². The highest BCUT2D eigenvalue weighted by Crippen LogP contribution is 2.30. The van der Waals surface area contributed by atoms with E-state index in [0.29, 0.717) is 0 Å². The minimum absolute atomic E-state index is 0.762. The van der Waals surface area contributed by atoms with E-state index in [9.17, 15) is 0 Å². The Labute approximate surface area is 50.8 Å². The van der Waals surface area contributed by atoms with Crippen LogP contribution in [0.3, 0.4) is 0 Å². The lowest BCUT2D eigenvalue weighted by Crippen LogP contribution is -2.16. The van der Waals surface area contributed by atoms with E-state index in [2.05, 4.69) is 18.8 Å². The van der Waals surface area contributed by atoms with Gasteiger partial charge < -0.3 is 5.32 Å². The molecule has 8 heavy (non-hydrogen) atoms. The first-order chi connectivity index (χ1) is 3.88. The van der Waals surface area contributed by atoms with Crippen molar-refractivity contribution < 1.29 is 0 Å². The predicted octanol–water partition coefficient (Wildman–Crippen LogP) is 1.17. The van der Waals surface area contributed by atoms with Gasteiger partial charge in [0.1, 0.15) is 0 Å². The van der Waals surface area contributed by atoms with Gasteiger partial charge in [-0.25, -0.2) is 0 Å². The summed E-state index contributed by atoms with van der Waals surface area (Å²) >= 11 is 0. The van der Waals surface area contributed by atoms with Crippen LogP contribution in [-0.4, -0.2) is 12.6 Å². The van der Waals surface area contributed by atoms with Gasteiger partial charge in [0.05, 0.1) is 0 Å². The molecule has 1 heteroatoms. The van der Waals surface area contributed by atoms with Crippen LogP contribution in [0.25, 0.3) is 0 Å². The van der Waals surface area contributed by atoms with E-state index < -0.39 is 0 Å². The molecule has 1 rings (SSSR count). The molecule has 0 aromatic carbocycles. The summed E-state index contributed by atoms with van der Waals surface area (Å²) in [4.78, 5) is 0. The van der Waals surface area contributed by atoms with Gasteiger partial charge in [-0.15, -0.1) is 6.58 Å². The summed E-state index contributed by atoms with van der Waals surface area (Å²) in [6, 6.07) is 0.762. The van der Waals surface area contributed by atoms with E-state index in [1.807, 2.05) is 6.08 Å². The lowest BCUT2D eigenvalue weighted by Gasteiger charge is -1.93. The predicted molar refractivity (Wildman–Crippen MR) is 35.8 cm³/mol. The van der Waals surface area contributed by atoms with Gasteiger partial charge in [0, 0.05) is 6.04 Å². The molecule has 1 N–H and O–H groups in total. The SMILES string of the molecule is C=C[C@H]1CC1NCC. The molecule has 0 spiro atoms. The Kier molecular flexibility index (Phi) is 1.69. The van der Waals surface area contributed by atoms with E-state index in [0.717, 1.165) is 18.5 Å². The number of hydrogen-bond donors (Lipinski definition) is 1. The summed E-state index contributed by atoms with van der Waals surface area (Å²) < 4.78 is 0. The van der Waals surface area contributed by atoms with Crippen LogP contribution in [0.1, 0.15) is 13.3 Å². The molecular formula is C7H13N. The Morgan fingerprint density at radius 3 is 3.00 bits per heavy atom. The van der Waals surface area contributed by atoms with Crippen LogP contribution < -0.4 is 5.32 Å². The first-order valence-electron chi connectivity index (χ1n) is 3.24. The summed E-state index contributed by atoms with van der Waals surface area (Å²) in [5, 5.41) is 3.35. The van der Waals surface area contributed by atoms with Crippen LogP contribution >= 0.6 is 0 Å². The van der Waals surface area contributed by atoms with Crippen molar-refractivity contribution in [2.75, 3.05) is 6.54 Å². The molecule has 0 heterocycles. The fourth-order valence-electron chi connectivity index (χ4n) is 0.972. The van der Waals surface area contributed by atoms with Crippen LogP contribution in [0, 0.1) is 5.92 Å². The van der Waals surface area contributed by atoms with E-state index >= 15 is 0 Å². The van der Waals surface area contributed by atoms with Crippen molar-refractivity contribution in [2.45, 2.75) is 19.4 Å². The monoisotopic (exact) mass is 111 g/mol. The average molecular weight is 111 g/mol. The van der Waals surface area contributed by atoms with Crippen LogP contribution in [-0.2, 0) is 0 Å². The zero-order valence-electron chi connectivity index (χ0n) is 5.35. The van der Waals surface area contributed by atoms with Crippen LogP contribution in [0.5, 0.6) is 0 Å². The molecule has 1 nitrogen and oxygen atoms in total. The second kappa shape index (κ2) is 2.31. The second-order valence-corrected chi connectivity index (χ2v) is 2.30. The molecule has 2 atom stereocenters. The van der Waals surface area contributed by atoms with Crippen molar-refractivity contribution >= 4 is 0 Å². The van der Waals surface area contributed by atoms with Crippen molar-refractivity contribution in [3.63, 3.8) is 0 Å². The van der Waals surface area contributed by atoms with Gasteiger partial charge in [0.2, 0.25) is 0 Å². The molecule has 46 valence electrons. The average Bonchev–Trinajstić information content (AvgIpc) is 2.48. The van der Waals surface area contributed by atoms with E-state index in [1.165, 1.54) is 6.42 Å². The first-order valence-corrected chi connectivity index (χ1v) is 3.24. The minimum Gasteiger partial charge on any atom is -0.314 e. The minimum atomic E-state index is 0.762. The lowest BCUT2D eigenvalue weighted by molar-refractivity contribution is 0.697. The maximum absolute atomic E-state index is 3.72. The third-order valence-electron chi connectivity index (χ3n) is 1.61. The molecule has 0 amide bonds. The third-order valence-corrected chi connectivity index (χ3v) is 1.61. The van der Waals surface area contributed by atoms with Gasteiger partial charge in [-0.3, -0.25) is 0 Å². The van der Waals surface area contributed by atoms with Gasteiger partial charge in [0.15, 0.2) is 0 Å². The molecule has 1 aliphatic rings. The maximum Gasteiger partial charge on any atom is 0.0136 e. The maximum atomic E-state index is 3.72. The molecular weight excluding hydrogens is 98.1 g/mol. The highest BCUT2D eigenvalue weighted by Gasteiger charge is 2.32. The van der Waals surface area contributed by atoms with Crippen LogP contribution in [0.15, 0.2) is 12.7 Å². The second-order valence-electron chi connectivity index (χ2n) is 2.30. The molecule has 0 aromatic rings. The molecule has 1 saturated carbocycles. The number of hydrogen-bond acceptors (Lipinski definition) is 1. The van der Waals surface area contributed by atoms with E-state index in [1.54, 1.807) is 0 Å². The van der Waals surface area contributed by atoms with Gasteiger partial charge in [-0.1, -0.05) is 13.0 Å². The highest BCUT2D eigenvalue weighted by atomic mass is 15.0. The molecule has 1 aliphatic carbocycles. The Morgan fingerprint density at radius 2 is 2.62 bits per heavy atom. The molecule has 0 aliphatic heterocycles. The summed E-state index contributed by atoms with van der Waals surface area (Å²) in [5.41, 5.74) is 0. The zero-order chi connectivity index (χ0) is 5.98. The summed E-state index contributed by atoms with van der Waals surface area (Å²) in [7, 11) is 0. The third kappa shape index (κ3) is 1.10. The molecule has 1 fully saturated rings. The summed E-state index contributed by atoms with van der Waals surface area (Å²) in [6.45, 7) is 6.94. The quantitative estimate of drug-likeness (QED) is 0.539. The van der Waals surface area contributed by atoms with Crippen molar-refractivity contribution in [3.05, 3.63) is 12.7 Å². The summed E-state index contributed by atoms with van der Waals surface area (Å²) in [6.07, 6.45) is 3.34. The van der Waals surface area contributed by atoms with Gasteiger partial charge in [0.25, 0.3) is 0 Å². The van der Waals surface area contributed by atoms with Crippen molar-refractivity contribution in [2.24, 2.45) is 5.92 Å². The highest BCUT2D eigenvalue weighted by molar-refractivity contribution is 5.02. The normalized spacial score (nSPS) is 34.6. The Morgan fingerprint density at radius 1 is 1.88 bits per heavy atom. The van der Waals surface area contributed by atoms with Crippen molar-refractivity contribution in [1.82, 2.24) is 5.32 Å². The molecule has 0 radical (unpaired) electrons. The fourth-order valence-corrected chi connectivity index (χ4v) is 0.972. The van der Waals surface area contributed by atoms with Gasteiger partial charge in [-0.2, -0.15) is 0 Å². The molecule has 0 aromatic heterocycles. The standard InChI is InChI=1S/C7H13N/c1-3-6-5-7(6)8-4-2/h3,6-8H,1,4-5H2,2H3/t6-,7?/m0/s1. The summed E-state index contributed by atoms with van der Waals surface area (Å²) in [5.74, 6) is 0.773.